The van der Waals surface area contributed by atoms with E-state index in [1.54, 1.807) is 10.4 Å². The van der Waals surface area contributed by atoms with Crippen molar-refractivity contribution in [2.75, 3.05) is 4.31 Å². The van der Waals surface area contributed by atoms with Crippen LogP contribution in [0, 0.1) is 6.92 Å². The van der Waals surface area contributed by atoms with Crippen molar-refractivity contribution in [1.82, 2.24) is 0 Å². The average Bonchev–Trinajstić information content (AvgIpc) is 2.70. The lowest BCUT2D eigenvalue weighted by Gasteiger charge is -2.41. The van der Waals surface area contributed by atoms with E-state index in [2.05, 4.69) is 6.92 Å². The fourth-order valence-corrected chi connectivity index (χ4v) is 5.84. The summed E-state index contributed by atoms with van der Waals surface area (Å²) >= 11 is 0. The largest absolute Gasteiger partial charge is 0.265 e. The Kier molecular flexibility index (Phi) is 2.39. The maximum atomic E-state index is 13.1. The van der Waals surface area contributed by atoms with E-state index < -0.39 is 10.0 Å². The maximum Gasteiger partial charge on any atom is 0.265 e. The van der Waals surface area contributed by atoms with Crippen molar-refractivity contribution in [2.45, 2.75) is 37.1 Å². The molecule has 0 aromatic heterocycles. The number of anilines is 1. The van der Waals surface area contributed by atoms with Gasteiger partial charge in [0.25, 0.3) is 10.0 Å². The first-order chi connectivity index (χ1) is 9.92. The molecule has 2 aliphatic rings. The van der Waals surface area contributed by atoms with Gasteiger partial charge in [-0.15, -0.1) is 0 Å². The van der Waals surface area contributed by atoms with Crippen LogP contribution >= 0.6 is 0 Å². The van der Waals surface area contributed by atoms with Crippen molar-refractivity contribution < 1.29 is 8.42 Å². The Morgan fingerprint density at radius 2 is 1.76 bits per heavy atom. The Labute approximate surface area is 125 Å². The van der Waals surface area contributed by atoms with Gasteiger partial charge in [0.1, 0.15) is 0 Å². The van der Waals surface area contributed by atoms with Crippen LogP contribution in [-0.4, -0.2) is 14.0 Å². The molecule has 2 aliphatic heterocycles. The molecule has 1 unspecified atom stereocenters. The van der Waals surface area contributed by atoms with Gasteiger partial charge in [-0.2, -0.15) is 0 Å². The van der Waals surface area contributed by atoms with Gasteiger partial charge in [-0.3, -0.25) is 4.31 Å². The van der Waals surface area contributed by atoms with Crippen LogP contribution in [0.1, 0.15) is 23.6 Å². The fourth-order valence-electron chi connectivity index (χ4n) is 3.79. The Hall–Kier alpha value is -1.81. The van der Waals surface area contributed by atoms with Crippen LogP contribution in [0.15, 0.2) is 47.4 Å². The zero-order valence-electron chi connectivity index (χ0n) is 12.1. The molecule has 0 N–H and O–H groups in total. The molecule has 0 spiro atoms. The van der Waals surface area contributed by atoms with E-state index in [0.717, 1.165) is 35.2 Å². The number of benzene rings is 2. The quantitative estimate of drug-likeness (QED) is 0.750. The van der Waals surface area contributed by atoms with Gasteiger partial charge >= 0.3 is 0 Å². The van der Waals surface area contributed by atoms with E-state index in [-0.39, 0.29) is 5.54 Å². The van der Waals surface area contributed by atoms with Crippen LogP contribution in [0.2, 0.25) is 0 Å². The first-order valence-electron chi connectivity index (χ1n) is 7.15. The number of aryl methyl sites for hydroxylation is 1. The van der Waals surface area contributed by atoms with E-state index >= 15 is 0 Å². The van der Waals surface area contributed by atoms with Crippen molar-refractivity contribution in [3.63, 3.8) is 0 Å². The molecule has 0 saturated heterocycles. The van der Waals surface area contributed by atoms with Crippen LogP contribution in [0.25, 0.3) is 0 Å². The van der Waals surface area contributed by atoms with Crippen molar-refractivity contribution in [3.8, 4) is 0 Å². The number of sulfonamides is 1. The lowest BCUT2D eigenvalue weighted by Crippen LogP contribution is -2.52. The van der Waals surface area contributed by atoms with Gasteiger partial charge in [-0.25, -0.2) is 8.42 Å². The van der Waals surface area contributed by atoms with Gasteiger partial charge in [-0.05, 0) is 49.9 Å². The molecule has 108 valence electrons. The van der Waals surface area contributed by atoms with Crippen molar-refractivity contribution in [3.05, 3.63) is 59.2 Å². The minimum absolute atomic E-state index is 0.386. The zero-order chi connectivity index (χ0) is 14.8. The maximum absolute atomic E-state index is 13.1. The summed E-state index contributed by atoms with van der Waals surface area (Å²) in [6, 6.07) is 13.5. The van der Waals surface area contributed by atoms with Crippen LogP contribution in [0.5, 0.6) is 0 Å². The van der Waals surface area contributed by atoms with Crippen LogP contribution in [0.4, 0.5) is 5.69 Å². The standard InChI is InChI=1S/C17H17NO2S/c1-12-7-8-16-14(9-12)11-17(2)10-13-5-3-4-6-15(13)18(17)21(16,19)20/h3-9H,10-11H2,1-2H3. The normalized spacial score (nSPS) is 25.1. The summed E-state index contributed by atoms with van der Waals surface area (Å²) in [4.78, 5) is 0.460. The molecule has 1 atom stereocenters. The Balaban J connectivity index is 2.01. The molecule has 0 fully saturated rings. The molecule has 2 heterocycles. The second-order valence-electron chi connectivity index (χ2n) is 6.36. The third-order valence-corrected chi connectivity index (χ3v) is 6.65. The van der Waals surface area contributed by atoms with Gasteiger partial charge in [0.05, 0.1) is 16.1 Å². The van der Waals surface area contributed by atoms with Gasteiger partial charge in [-0.1, -0.05) is 35.9 Å². The van der Waals surface area contributed by atoms with Crippen molar-refractivity contribution in [1.29, 1.82) is 0 Å². The number of hydrogen-bond acceptors (Lipinski definition) is 2. The smallest absolute Gasteiger partial charge is 0.260 e. The highest BCUT2D eigenvalue weighted by atomic mass is 32.2. The summed E-state index contributed by atoms with van der Waals surface area (Å²) in [6.45, 7) is 4.06. The second kappa shape index (κ2) is 3.89. The molecule has 0 bridgehead atoms. The molecule has 0 aliphatic carbocycles. The second-order valence-corrected chi connectivity index (χ2v) is 8.11. The number of hydrogen-bond donors (Lipinski definition) is 0. The minimum Gasteiger partial charge on any atom is -0.260 e. The third-order valence-electron chi connectivity index (χ3n) is 4.58. The molecular weight excluding hydrogens is 282 g/mol. The molecule has 0 saturated carbocycles. The predicted molar refractivity (Wildman–Crippen MR) is 83.1 cm³/mol. The van der Waals surface area contributed by atoms with Crippen molar-refractivity contribution in [2.24, 2.45) is 0 Å². The SMILES string of the molecule is Cc1ccc2c(c1)CC1(C)Cc3ccccc3N1S2(=O)=O. The number of nitrogens with zero attached hydrogens (tertiary/aromatic N) is 1. The molecule has 4 heteroatoms. The molecule has 4 rings (SSSR count). The van der Waals surface area contributed by atoms with Crippen LogP contribution in [0.3, 0.4) is 0 Å². The Morgan fingerprint density at radius 3 is 2.57 bits per heavy atom. The number of rotatable bonds is 0. The fraction of sp³-hybridized carbons (Fsp3) is 0.294. The van der Waals surface area contributed by atoms with E-state index in [4.69, 9.17) is 0 Å². The number of para-hydroxylation sites is 1. The first kappa shape index (κ1) is 12.9. The van der Waals surface area contributed by atoms with Gasteiger partial charge in [0.2, 0.25) is 0 Å². The molecule has 21 heavy (non-hydrogen) atoms. The molecule has 3 nitrogen and oxygen atoms in total. The van der Waals surface area contributed by atoms with Gasteiger partial charge < -0.3 is 0 Å². The highest BCUT2D eigenvalue weighted by Crippen LogP contribution is 2.47. The van der Waals surface area contributed by atoms with Crippen LogP contribution < -0.4 is 4.31 Å². The molecule has 2 aromatic rings. The first-order valence-corrected chi connectivity index (χ1v) is 8.59. The van der Waals surface area contributed by atoms with Gasteiger partial charge in [0, 0.05) is 0 Å². The predicted octanol–water partition coefficient (Wildman–Crippen LogP) is 3.06. The molecule has 2 aromatic carbocycles. The Bertz CT molecular complexity index is 857. The molecular formula is C17H17NO2S. The van der Waals surface area contributed by atoms with E-state index in [1.165, 1.54) is 0 Å². The third kappa shape index (κ3) is 1.62. The minimum atomic E-state index is -3.47. The number of fused-ring (bicyclic) bond motifs is 4. The summed E-state index contributed by atoms with van der Waals surface area (Å²) in [6.07, 6.45) is 1.54. The summed E-state index contributed by atoms with van der Waals surface area (Å²) < 4.78 is 27.8. The zero-order valence-corrected chi connectivity index (χ0v) is 12.9. The van der Waals surface area contributed by atoms with E-state index in [0.29, 0.717) is 4.90 Å². The van der Waals surface area contributed by atoms with E-state index in [9.17, 15) is 8.42 Å². The highest BCUT2D eigenvalue weighted by Gasteiger charge is 2.50. The van der Waals surface area contributed by atoms with Crippen molar-refractivity contribution >= 4 is 15.7 Å². The molecule has 0 radical (unpaired) electrons. The topological polar surface area (TPSA) is 37.4 Å². The van der Waals surface area contributed by atoms with E-state index in [1.807, 2.05) is 43.3 Å². The average molecular weight is 299 g/mol. The summed E-state index contributed by atoms with van der Waals surface area (Å²) in [5, 5.41) is 0. The highest BCUT2D eigenvalue weighted by molar-refractivity contribution is 7.93. The monoisotopic (exact) mass is 299 g/mol. The lowest BCUT2D eigenvalue weighted by molar-refractivity contribution is 0.461. The lowest BCUT2D eigenvalue weighted by atomic mass is 9.89. The van der Waals surface area contributed by atoms with Gasteiger partial charge in [0.15, 0.2) is 0 Å². The summed E-state index contributed by atoms with van der Waals surface area (Å²) in [5.41, 5.74) is 3.63. The molecule has 0 amide bonds. The summed E-state index contributed by atoms with van der Waals surface area (Å²) in [5.74, 6) is 0. The Morgan fingerprint density at radius 1 is 1.05 bits per heavy atom. The summed E-state index contributed by atoms with van der Waals surface area (Å²) in [7, 11) is -3.47. The van der Waals surface area contributed by atoms with Crippen LogP contribution in [-0.2, 0) is 22.9 Å².